The fourth-order valence-corrected chi connectivity index (χ4v) is 2.37. The predicted octanol–water partition coefficient (Wildman–Crippen LogP) is 1.58. The van der Waals surface area contributed by atoms with Crippen molar-refractivity contribution in [2.24, 2.45) is 0 Å². The smallest absolute Gasteiger partial charge is 0.225 e. The molecule has 0 saturated carbocycles. The van der Waals surface area contributed by atoms with Crippen LogP contribution >= 0.6 is 23.4 Å². The summed E-state index contributed by atoms with van der Waals surface area (Å²) < 4.78 is 0. The van der Waals surface area contributed by atoms with E-state index in [1.807, 2.05) is 6.92 Å². The largest absolute Gasteiger partial charge is 0.262 e. The summed E-state index contributed by atoms with van der Waals surface area (Å²) in [5, 5.41) is 15.6. The molecule has 0 aromatic carbocycles. The highest BCUT2D eigenvalue weighted by Crippen LogP contribution is 2.29. The standard InChI is InChI=1S/C8H6ClN7S/c1-3-11-8(16-14-3)17-6-4-2-10-15-5(4)12-7(9)13-6/h2H,1H3,(H,11,14,16)(H,10,12,13,15). The highest BCUT2D eigenvalue weighted by Gasteiger charge is 2.12. The summed E-state index contributed by atoms with van der Waals surface area (Å²) in [5.41, 5.74) is 0.597. The van der Waals surface area contributed by atoms with Gasteiger partial charge in [-0.15, -0.1) is 5.10 Å². The lowest BCUT2D eigenvalue weighted by Gasteiger charge is -1.98. The molecule has 3 heterocycles. The van der Waals surface area contributed by atoms with Gasteiger partial charge in [0, 0.05) is 0 Å². The number of hydrogen-bond acceptors (Lipinski definition) is 6. The Morgan fingerprint density at radius 1 is 1.24 bits per heavy atom. The molecule has 0 radical (unpaired) electrons. The summed E-state index contributed by atoms with van der Waals surface area (Å²) in [6.45, 7) is 1.83. The Kier molecular flexibility index (Phi) is 2.45. The van der Waals surface area contributed by atoms with Crippen molar-refractivity contribution in [3.63, 3.8) is 0 Å². The van der Waals surface area contributed by atoms with E-state index in [1.165, 1.54) is 11.8 Å². The molecule has 17 heavy (non-hydrogen) atoms. The lowest BCUT2D eigenvalue weighted by Crippen LogP contribution is -1.88. The van der Waals surface area contributed by atoms with Crippen molar-refractivity contribution >= 4 is 34.4 Å². The van der Waals surface area contributed by atoms with Gasteiger partial charge in [-0.1, -0.05) is 0 Å². The van der Waals surface area contributed by atoms with E-state index < -0.39 is 0 Å². The lowest BCUT2D eigenvalue weighted by atomic mass is 10.4. The summed E-state index contributed by atoms with van der Waals surface area (Å²) in [4.78, 5) is 12.3. The third-order valence-electron chi connectivity index (χ3n) is 2.01. The lowest BCUT2D eigenvalue weighted by molar-refractivity contribution is 0.964. The van der Waals surface area contributed by atoms with Crippen molar-refractivity contribution in [2.75, 3.05) is 0 Å². The first-order chi connectivity index (χ1) is 8.22. The van der Waals surface area contributed by atoms with Gasteiger partial charge in [-0.25, -0.2) is 9.97 Å². The van der Waals surface area contributed by atoms with Gasteiger partial charge in [-0.05, 0) is 30.3 Å². The normalized spacial score (nSPS) is 11.2. The molecule has 0 unspecified atom stereocenters. The quantitative estimate of drug-likeness (QED) is 0.541. The fourth-order valence-electron chi connectivity index (χ4n) is 1.31. The molecule has 0 spiro atoms. The van der Waals surface area contributed by atoms with Gasteiger partial charge in [0.05, 0.1) is 11.6 Å². The molecule has 7 nitrogen and oxygen atoms in total. The van der Waals surface area contributed by atoms with E-state index in [0.29, 0.717) is 15.8 Å². The number of nitrogens with zero attached hydrogens (tertiary/aromatic N) is 5. The molecule has 0 atom stereocenters. The second-order valence-electron chi connectivity index (χ2n) is 3.24. The first-order valence-corrected chi connectivity index (χ1v) is 5.85. The molecule has 9 heteroatoms. The number of aromatic amines is 2. The second-order valence-corrected chi connectivity index (χ2v) is 4.53. The number of hydrogen-bond donors (Lipinski definition) is 2. The summed E-state index contributed by atoms with van der Waals surface area (Å²) >= 11 is 7.13. The molecule has 0 saturated heterocycles. The van der Waals surface area contributed by atoms with Crippen LogP contribution in [0.25, 0.3) is 11.0 Å². The molecule has 0 aliphatic rings. The van der Waals surface area contributed by atoms with Crippen LogP contribution < -0.4 is 0 Å². The molecule has 0 amide bonds. The van der Waals surface area contributed by atoms with E-state index in [2.05, 4.69) is 35.3 Å². The number of halogens is 1. The Morgan fingerprint density at radius 3 is 2.88 bits per heavy atom. The highest BCUT2D eigenvalue weighted by atomic mass is 35.5. The predicted molar refractivity (Wildman–Crippen MR) is 61.9 cm³/mol. The molecule has 86 valence electrons. The van der Waals surface area contributed by atoms with Gasteiger partial charge in [0.2, 0.25) is 10.4 Å². The Balaban J connectivity index is 2.07. The van der Waals surface area contributed by atoms with Crippen LogP contribution in [0.15, 0.2) is 16.4 Å². The number of aryl methyl sites for hydroxylation is 1. The van der Waals surface area contributed by atoms with Crippen molar-refractivity contribution in [3.05, 3.63) is 17.3 Å². The average Bonchev–Trinajstić information content (AvgIpc) is 2.87. The zero-order chi connectivity index (χ0) is 11.8. The van der Waals surface area contributed by atoms with Crippen LogP contribution in [0.4, 0.5) is 0 Å². The van der Waals surface area contributed by atoms with Crippen LogP contribution in [0.1, 0.15) is 5.82 Å². The number of H-pyrrole nitrogens is 2. The SMILES string of the molecule is Cc1nc(Sc2nc(Cl)nc3[nH]ncc23)n[nH]1. The maximum Gasteiger partial charge on any atom is 0.225 e. The Morgan fingerprint density at radius 2 is 2.12 bits per heavy atom. The molecule has 3 rings (SSSR count). The number of nitrogens with one attached hydrogen (secondary N) is 2. The minimum atomic E-state index is 0.163. The maximum absolute atomic E-state index is 5.82. The highest BCUT2D eigenvalue weighted by molar-refractivity contribution is 7.99. The first-order valence-electron chi connectivity index (χ1n) is 4.66. The van der Waals surface area contributed by atoms with Gasteiger partial charge >= 0.3 is 0 Å². The van der Waals surface area contributed by atoms with Gasteiger partial charge < -0.3 is 0 Å². The zero-order valence-electron chi connectivity index (χ0n) is 8.60. The van der Waals surface area contributed by atoms with Crippen LogP contribution in [0, 0.1) is 6.92 Å². The summed E-state index contributed by atoms with van der Waals surface area (Å²) in [6.07, 6.45) is 1.65. The van der Waals surface area contributed by atoms with E-state index in [4.69, 9.17) is 11.6 Å². The van der Waals surface area contributed by atoms with Crippen LogP contribution in [-0.4, -0.2) is 35.3 Å². The average molecular weight is 268 g/mol. The first kappa shape index (κ1) is 10.5. The Bertz CT molecular complexity index is 675. The number of rotatable bonds is 2. The molecule has 0 fully saturated rings. The van der Waals surface area contributed by atoms with Crippen LogP contribution in [0.2, 0.25) is 5.28 Å². The van der Waals surface area contributed by atoms with Crippen molar-refractivity contribution in [1.29, 1.82) is 0 Å². The summed E-state index contributed by atoms with van der Waals surface area (Å²) in [6, 6.07) is 0. The van der Waals surface area contributed by atoms with Gasteiger partial charge in [0.1, 0.15) is 10.9 Å². The van der Waals surface area contributed by atoms with Crippen LogP contribution in [-0.2, 0) is 0 Å². The van der Waals surface area contributed by atoms with E-state index in [1.54, 1.807) is 6.20 Å². The maximum atomic E-state index is 5.82. The minimum absolute atomic E-state index is 0.163. The monoisotopic (exact) mass is 267 g/mol. The third kappa shape index (κ3) is 1.96. The molecule has 2 N–H and O–H groups in total. The van der Waals surface area contributed by atoms with E-state index in [0.717, 1.165) is 11.2 Å². The van der Waals surface area contributed by atoms with E-state index >= 15 is 0 Å². The van der Waals surface area contributed by atoms with Gasteiger partial charge in [0.15, 0.2) is 5.65 Å². The molecule has 3 aromatic rings. The molecule has 3 aromatic heterocycles. The number of aromatic nitrogens is 7. The van der Waals surface area contributed by atoms with Crippen molar-refractivity contribution in [3.8, 4) is 0 Å². The van der Waals surface area contributed by atoms with E-state index in [-0.39, 0.29) is 5.28 Å². The van der Waals surface area contributed by atoms with Crippen LogP contribution in [0.5, 0.6) is 0 Å². The van der Waals surface area contributed by atoms with Crippen molar-refractivity contribution < 1.29 is 0 Å². The molecule has 0 aliphatic carbocycles. The fraction of sp³-hybridized carbons (Fsp3) is 0.125. The van der Waals surface area contributed by atoms with Crippen molar-refractivity contribution in [2.45, 2.75) is 17.1 Å². The second kappa shape index (κ2) is 3.97. The van der Waals surface area contributed by atoms with E-state index in [9.17, 15) is 0 Å². The Labute approximate surface area is 104 Å². The molecular formula is C8H6ClN7S. The van der Waals surface area contributed by atoms with Crippen LogP contribution in [0.3, 0.4) is 0 Å². The molecular weight excluding hydrogens is 262 g/mol. The zero-order valence-corrected chi connectivity index (χ0v) is 10.2. The topological polar surface area (TPSA) is 96.0 Å². The van der Waals surface area contributed by atoms with Crippen molar-refractivity contribution in [1.82, 2.24) is 35.3 Å². The minimum Gasteiger partial charge on any atom is -0.262 e. The van der Waals surface area contributed by atoms with Gasteiger partial charge in [-0.3, -0.25) is 10.2 Å². The Hall–Kier alpha value is -1.67. The molecule has 0 aliphatic heterocycles. The molecule has 0 bridgehead atoms. The number of fused-ring (bicyclic) bond motifs is 1. The van der Waals surface area contributed by atoms with Gasteiger partial charge in [0.25, 0.3) is 0 Å². The summed E-state index contributed by atoms with van der Waals surface area (Å²) in [7, 11) is 0. The third-order valence-corrected chi connectivity index (χ3v) is 3.05. The van der Waals surface area contributed by atoms with Gasteiger partial charge in [-0.2, -0.15) is 10.1 Å². The summed E-state index contributed by atoms with van der Waals surface area (Å²) in [5.74, 6) is 0.746.